The lowest BCUT2D eigenvalue weighted by Gasteiger charge is -2.28. The molecule has 2 atom stereocenters. The molecule has 1 aromatic carbocycles. The van der Waals surface area contributed by atoms with Crippen molar-refractivity contribution < 1.29 is 33.4 Å². The number of likely N-dealkylation sites (N-methyl/N-ethyl adjacent to an activating group) is 2. The first kappa shape index (κ1) is 37.0. The minimum atomic E-state index is -0.887. The monoisotopic (exact) mass is 607 g/mol. The smallest absolute Gasteiger partial charge is 0.410 e. The number of urea groups is 1. The van der Waals surface area contributed by atoms with E-state index in [1.54, 1.807) is 52.2 Å². The maximum Gasteiger partial charge on any atom is 0.410 e. The van der Waals surface area contributed by atoms with Gasteiger partial charge in [0.05, 0.1) is 6.04 Å². The first-order valence-electron chi connectivity index (χ1n) is 14.4. The summed E-state index contributed by atoms with van der Waals surface area (Å²) < 4.78 is 10.8. The molecule has 0 radical (unpaired) electrons. The number of ether oxygens (including phenoxy) is 2. The van der Waals surface area contributed by atoms with Crippen molar-refractivity contribution >= 4 is 35.7 Å². The molecule has 0 aromatic heterocycles. The third-order valence-electron chi connectivity index (χ3n) is 6.82. The number of rotatable bonds is 16. The Hall–Kier alpha value is -4.07. The standard InChI is InChI=1S/C29H49N7O7/c1-8-29(4,5)43-28(41)36(7)17-16-35(6)27(40)42-18-20-11-13-21(14-12-20)33-24(37)22(10-9-15-32-26(31)39)34-25(38)23(30)19(2)3/h11-14,19,22-23H,8-10,15-18,30H2,1-7H3,(H,33,37)(H,34,38)(H3,31,32,39)/t22-,23-/m1/s1. The average molecular weight is 608 g/mol. The highest BCUT2D eigenvalue weighted by molar-refractivity contribution is 5.97. The summed E-state index contributed by atoms with van der Waals surface area (Å²) in [7, 11) is 3.18. The Morgan fingerprint density at radius 2 is 1.53 bits per heavy atom. The quantitative estimate of drug-likeness (QED) is 0.176. The number of carbonyl (C=O) groups is 5. The molecule has 0 aliphatic heterocycles. The molecular formula is C29H49N7O7. The average Bonchev–Trinajstić information content (AvgIpc) is 2.95. The number of hydrogen-bond acceptors (Lipinski definition) is 8. The summed E-state index contributed by atoms with van der Waals surface area (Å²) in [4.78, 5) is 63.8. The highest BCUT2D eigenvalue weighted by Crippen LogP contribution is 2.15. The lowest BCUT2D eigenvalue weighted by atomic mass is 10.0. The van der Waals surface area contributed by atoms with Crippen LogP contribution in [0.15, 0.2) is 24.3 Å². The fourth-order valence-corrected chi connectivity index (χ4v) is 3.40. The second-order valence-corrected chi connectivity index (χ2v) is 11.3. The number of primary amides is 1. The number of benzene rings is 1. The lowest BCUT2D eigenvalue weighted by Crippen LogP contribution is -2.51. The van der Waals surface area contributed by atoms with Gasteiger partial charge in [-0.1, -0.05) is 32.9 Å². The third-order valence-corrected chi connectivity index (χ3v) is 6.82. The van der Waals surface area contributed by atoms with Crippen LogP contribution >= 0.6 is 0 Å². The van der Waals surface area contributed by atoms with E-state index in [0.29, 0.717) is 24.1 Å². The van der Waals surface area contributed by atoms with E-state index in [1.807, 2.05) is 20.8 Å². The van der Waals surface area contributed by atoms with Crippen molar-refractivity contribution in [3.63, 3.8) is 0 Å². The van der Waals surface area contributed by atoms with Crippen LogP contribution in [0.3, 0.4) is 0 Å². The lowest BCUT2D eigenvalue weighted by molar-refractivity contribution is -0.128. The zero-order valence-electron chi connectivity index (χ0n) is 26.4. The van der Waals surface area contributed by atoms with E-state index < -0.39 is 47.7 Å². The fraction of sp³-hybridized carbons (Fsp3) is 0.621. The molecule has 0 fully saturated rings. The van der Waals surface area contributed by atoms with Crippen LogP contribution in [0.2, 0.25) is 0 Å². The van der Waals surface area contributed by atoms with E-state index in [0.717, 1.165) is 0 Å². The van der Waals surface area contributed by atoms with Gasteiger partial charge in [-0.05, 0) is 56.7 Å². The Kier molecular flexibility index (Phi) is 15.3. The second-order valence-electron chi connectivity index (χ2n) is 11.3. The minimum Gasteiger partial charge on any atom is -0.445 e. The van der Waals surface area contributed by atoms with Crippen LogP contribution in [0.4, 0.5) is 20.1 Å². The van der Waals surface area contributed by atoms with E-state index >= 15 is 0 Å². The summed E-state index contributed by atoms with van der Waals surface area (Å²) in [6, 6.07) is 4.35. The van der Waals surface area contributed by atoms with Crippen LogP contribution in [-0.4, -0.2) is 91.2 Å². The number of amides is 6. The first-order valence-corrected chi connectivity index (χ1v) is 14.4. The van der Waals surface area contributed by atoms with Gasteiger partial charge < -0.3 is 46.7 Å². The van der Waals surface area contributed by atoms with Crippen molar-refractivity contribution in [2.75, 3.05) is 39.0 Å². The van der Waals surface area contributed by atoms with E-state index in [4.69, 9.17) is 20.9 Å². The number of nitrogens with one attached hydrogen (secondary N) is 3. The van der Waals surface area contributed by atoms with Gasteiger partial charge in [-0.15, -0.1) is 0 Å². The molecule has 0 aliphatic carbocycles. The van der Waals surface area contributed by atoms with Crippen molar-refractivity contribution in [3.05, 3.63) is 29.8 Å². The topological polar surface area (TPSA) is 198 Å². The summed E-state index contributed by atoms with van der Waals surface area (Å²) in [6.45, 7) is 9.97. The molecule has 7 N–H and O–H groups in total. The largest absolute Gasteiger partial charge is 0.445 e. The van der Waals surface area contributed by atoms with Crippen molar-refractivity contribution in [2.45, 2.75) is 78.2 Å². The summed E-state index contributed by atoms with van der Waals surface area (Å²) >= 11 is 0. The highest BCUT2D eigenvalue weighted by Gasteiger charge is 2.26. The molecule has 0 bridgehead atoms. The SMILES string of the molecule is CCC(C)(C)OC(=O)N(C)CCN(C)C(=O)OCc1ccc(NC(=O)[C@@H](CCCNC(N)=O)NC(=O)[C@H](N)C(C)C)cc1. The molecule has 0 unspecified atom stereocenters. The maximum atomic E-state index is 13.0. The number of anilines is 1. The van der Waals surface area contributed by atoms with Crippen LogP contribution in [0, 0.1) is 5.92 Å². The van der Waals surface area contributed by atoms with Crippen molar-refractivity contribution in [3.8, 4) is 0 Å². The van der Waals surface area contributed by atoms with E-state index in [2.05, 4.69) is 16.0 Å². The van der Waals surface area contributed by atoms with Gasteiger partial charge in [-0.3, -0.25) is 9.59 Å². The number of carbonyl (C=O) groups excluding carboxylic acids is 5. The molecule has 0 saturated carbocycles. The van der Waals surface area contributed by atoms with Crippen LogP contribution < -0.4 is 27.4 Å². The minimum absolute atomic E-state index is 0.00138. The molecule has 43 heavy (non-hydrogen) atoms. The summed E-state index contributed by atoms with van der Waals surface area (Å²) in [5.74, 6) is -1.02. The molecule has 0 heterocycles. The fourth-order valence-electron chi connectivity index (χ4n) is 3.40. The maximum absolute atomic E-state index is 13.0. The molecule has 1 rings (SSSR count). The zero-order chi connectivity index (χ0) is 32.7. The number of nitrogens with zero attached hydrogens (tertiary/aromatic N) is 2. The Morgan fingerprint density at radius 3 is 2.07 bits per heavy atom. The van der Waals surface area contributed by atoms with Crippen LogP contribution in [-0.2, 0) is 25.7 Å². The first-order chi connectivity index (χ1) is 20.1. The van der Waals surface area contributed by atoms with Gasteiger partial charge in [0.2, 0.25) is 11.8 Å². The molecule has 14 nitrogen and oxygen atoms in total. The Morgan fingerprint density at radius 1 is 0.953 bits per heavy atom. The van der Waals surface area contributed by atoms with Crippen LogP contribution in [0.5, 0.6) is 0 Å². The molecule has 0 saturated heterocycles. The molecule has 242 valence electrons. The van der Waals surface area contributed by atoms with Gasteiger partial charge in [-0.2, -0.15) is 0 Å². The highest BCUT2D eigenvalue weighted by atomic mass is 16.6. The number of nitrogens with two attached hydrogens (primary N) is 2. The van der Waals surface area contributed by atoms with E-state index in [-0.39, 0.29) is 38.6 Å². The van der Waals surface area contributed by atoms with Crippen molar-refractivity contribution in [1.82, 2.24) is 20.4 Å². The van der Waals surface area contributed by atoms with E-state index in [9.17, 15) is 24.0 Å². The zero-order valence-corrected chi connectivity index (χ0v) is 26.4. The molecule has 14 heteroatoms. The number of hydrogen-bond donors (Lipinski definition) is 5. The summed E-state index contributed by atoms with van der Waals surface area (Å²) in [6.07, 6.45) is 0.299. The molecule has 1 aromatic rings. The van der Waals surface area contributed by atoms with Gasteiger partial charge in [-0.25, -0.2) is 14.4 Å². The van der Waals surface area contributed by atoms with Crippen molar-refractivity contribution in [2.24, 2.45) is 17.4 Å². The summed E-state index contributed by atoms with van der Waals surface area (Å²) in [5, 5.41) is 7.90. The molecular weight excluding hydrogens is 558 g/mol. The van der Waals surface area contributed by atoms with Crippen molar-refractivity contribution in [1.29, 1.82) is 0 Å². The van der Waals surface area contributed by atoms with Gasteiger partial charge >= 0.3 is 18.2 Å². The van der Waals surface area contributed by atoms with Gasteiger partial charge in [0, 0.05) is 39.4 Å². The normalized spacial score (nSPS) is 12.5. The second kappa shape index (κ2) is 17.8. The molecule has 6 amide bonds. The Bertz CT molecular complexity index is 1080. The van der Waals surface area contributed by atoms with Gasteiger partial charge in [0.15, 0.2) is 0 Å². The van der Waals surface area contributed by atoms with Gasteiger partial charge in [0.1, 0.15) is 18.2 Å². The summed E-state index contributed by atoms with van der Waals surface area (Å²) in [5.41, 5.74) is 11.6. The van der Waals surface area contributed by atoms with E-state index in [1.165, 1.54) is 9.80 Å². The Labute approximate surface area is 254 Å². The molecule has 0 spiro atoms. The van der Waals surface area contributed by atoms with Crippen LogP contribution in [0.25, 0.3) is 0 Å². The van der Waals surface area contributed by atoms with Gasteiger partial charge in [0.25, 0.3) is 0 Å². The third kappa shape index (κ3) is 14.1. The Balaban J connectivity index is 2.65. The predicted molar refractivity (Wildman–Crippen MR) is 163 cm³/mol. The molecule has 0 aliphatic rings. The predicted octanol–water partition coefficient (Wildman–Crippen LogP) is 2.37. The van der Waals surface area contributed by atoms with Crippen LogP contribution in [0.1, 0.15) is 59.4 Å².